The molecule has 0 aliphatic rings. The van der Waals surface area contributed by atoms with Gasteiger partial charge in [-0.05, 0) is 93.9 Å². The third kappa shape index (κ3) is 6.66. The van der Waals surface area contributed by atoms with E-state index in [1.165, 1.54) is 31.5 Å². The molecule has 0 radical (unpaired) electrons. The molecule has 0 saturated carbocycles. The summed E-state index contributed by atoms with van der Waals surface area (Å²) in [5, 5.41) is 8.18. The van der Waals surface area contributed by atoms with Crippen LogP contribution >= 0.6 is 0 Å². The molecular formula is C48H44N4Si2. The van der Waals surface area contributed by atoms with E-state index >= 15 is 0 Å². The number of nitrogens with zero attached hydrogens (tertiary/aromatic N) is 4. The summed E-state index contributed by atoms with van der Waals surface area (Å²) in [5.41, 5.74) is 6.51. The molecule has 0 spiro atoms. The Labute approximate surface area is 321 Å². The van der Waals surface area contributed by atoms with E-state index in [-0.39, 0.29) is 0 Å². The van der Waals surface area contributed by atoms with E-state index in [4.69, 9.17) is 0 Å². The molecule has 8 aromatic rings. The average molecular weight is 733 g/mol. The topological polar surface area (TPSA) is 32.3 Å². The van der Waals surface area contributed by atoms with Crippen LogP contribution in [-0.2, 0) is 0 Å². The number of hydrogen-bond donors (Lipinski definition) is 0. The van der Waals surface area contributed by atoms with Crippen LogP contribution in [0.15, 0.2) is 195 Å². The largest absolute Gasteiger partial charge is 0.309 e. The number of anilines is 6. The molecule has 0 saturated heterocycles. The lowest BCUT2D eigenvalue weighted by Crippen LogP contribution is -2.55. The molecule has 2 aromatic heterocycles. The zero-order valence-electron chi connectivity index (χ0n) is 31.3. The smallest absolute Gasteiger partial charge is 0.113 e. The summed E-state index contributed by atoms with van der Waals surface area (Å²) in [5.74, 6) is 0. The third-order valence-corrected chi connectivity index (χ3v) is 17.8. The number of hydrogen-bond acceptors (Lipinski definition) is 4. The molecule has 6 heteroatoms. The molecule has 0 unspecified atom stereocenters. The Balaban J connectivity index is 1.51. The second-order valence-corrected chi connectivity index (χ2v) is 23.6. The molecule has 6 aromatic carbocycles. The maximum atomic E-state index is 4.59. The maximum absolute atomic E-state index is 4.59. The number of aromatic nitrogens is 2. The van der Waals surface area contributed by atoms with Gasteiger partial charge in [0.05, 0.1) is 23.8 Å². The second kappa shape index (κ2) is 14.7. The summed E-state index contributed by atoms with van der Waals surface area (Å²) in [4.78, 5) is 13.9. The fraction of sp³-hybridized carbons (Fsp3) is 0.0833. The third-order valence-electron chi connectivity index (χ3n) is 10.7. The number of benzene rings is 6. The summed E-state index contributed by atoms with van der Waals surface area (Å²) in [6.45, 7) is 10.0. The summed E-state index contributed by atoms with van der Waals surface area (Å²) < 4.78 is 0. The van der Waals surface area contributed by atoms with Crippen LogP contribution in [0.4, 0.5) is 34.1 Å². The van der Waals surface area contributed by atoms with Gasteiger partial charge in [0.15, 0.2) is 0 Å². The van der Waals surface area contributed by atoms with Gasteiger partial charge in [-0.2, -0.15) is 0 Å². The van der Waals surface area contributed by atoms with Crippen LogP contribution < -0.4 is 30.5 Å². The van der Waals surface area contributed by atoms with E-state index in [1.807, 2.05) is 36.9 Å². The first-order valence-corrected chi connectivity index (χ1v) is 24.6. The first-order valence-electron chi connectivity index (χ1n) is 18.6. The minimum atomic E-state index is -2.33. The highest BCUT2D eigenvalue weighted by Crippen LogP contribution is 2.39. The molecule has 264 valence electrons. The maximum Gasteiger partial charge on any atom is 0.113 e. The normalized spacial score (nSPS) is 11.7. The predicted molar refractivity (Wildman–Crippen MR) is 235 cm³/mol. The first-order chi connectivity index (χ1) is 26.3. The molecule has 0 aliphatic heterocycles. The van der Waals surface area contributed by atoms with Crippen LogP contribution in [0.3, 0.4) is 0 Å². The quantitative estimate of drug-likeness (QED) is 0.131. The van der Waals surface area contributed by atoms with Crippen LogP contribution in [0.2, 0.25) is 26.2 Å². The average Bonchev–Trinajstić information content (AvgIpc) is 3.23. The summed E-state index contributed by atoms with van der Waals surface area (Å²) in [6, 6.07) is 61.8. The lowest BCUT2D eigenvalue weighted by Gasteiger charge is -2.34. The van der Waals surface area contributed by atoms with Gasteiger partial charge in [-0.3, -0.25) is 9.97 Å². The fourth-order valence-electron chi connectivity index (χ4n) is 7.77. The first kappa shape index (κ1) is 35.0. The van der Waals surface area contributed by atoms with E-state index in [9.17, 15) is 0 Å². The standard InChI is InChI=1S/C48H44N4Si2/c1-53(2,43-25-13-7-14-26-43)47-33-41(51(37-19-9-5-10-20-37)39-23-17-29-49-35-39)32-46-45(47)31-42(34-48(46)54(3,4)44-27-15-8-16-28-44)52(38-21-11-6-12-22-38)40-24-18-30-50-36-40/h5-36H,1-4H3. The van der Waals surface area contributed by atoms with Gasteiger partial charge in [-0.25, -0.2) is 0 Å². The highest BCUT2D eigenvalue weighted by atomic mass is 28.3. The molecule has 0 amide bonds. The van der Waals surface area contributed by atoms with Crippen molar-refractivity contribution in [2.45, 2.75) is 26.2 Å². The molecule has 0 N–H and O–H groups in total. The Morgan fingerprint density at radius 3 is 1.02 bits per heavy atom. The number of para-hydroxylation sites is 2. The van der Waals surface area contributed by atoms with Gasteiger partial charge in [0, 0.05) is 35.1 Å². The molecule has 54 heavy (non-hydrogen) atoms. The molecule has 0 fully saturated rings. The Morgan fingerprint density at radius 1 is 0.352 bits per heavy atom. The van der Waals surface area contributed by atoms with Crippen molar-refractivity contribution in [3.63, 3.8) is 0 Å². The molecule has 4 nitrogen and oxygen atoms in total. The van der Waals surface area contributed by atoms with E-state index in [0.717, 1.165) is 34.1 Å². The van der Waals surface area contributed by atoms with Gasteiger partial charge >= 0.3 is 0 Å². The van der Waals surface area contributed by atoms with Gasteiger partial charge in [0.2, 0.25) is 0 Å². The number of pyridine rings is 2. The van der Waals surface area contributed by atoms with E-state index in [1.54, 1.807) is 0 Å². The van der Waals surface area contributed by atoms with E-state index in [2.05, 4.69) is 204 Å². The fourth-order valence-corrected chi connectivity index (χ4v) is 13.2. The molecule has 8 rings (SSSR count). The van der Waals surface area contributed by atoms with Crippen LogP contribution in [0.5, 0.6) is 0 Å². The van der Waals surface area contributed by atoms with Gasteiger partial charge in [0.1, 0.15) is 16.1 Å². The van der Waals surface area contributed by atoms with Crippen LogP contribution in [0.25, 0.3) is 10.8 Å². The molecule has 0 bridgehead atoms. The van der Waals surface area contributed by atoms with E-state index < -0.39 is 16.1 Å². The Kier molecular flexibility index (Phi) is 9.55. The van der Waals surface area contributed by atoms with Crippen LogP contribution in [0, 0.1) is 0 Å². The Bertz CT molecular complexity index is 2220. The van der Waals surface area contributed by atoms with E-state index in [0.29, 0.717) is 0 Å². The van der Waals surface area contributed by atoms with Crippen molar-refractivity contribution in [3.8, 4) is 0 Å². The van der Waals surface area contributed by atoms with Gasteiger partial charge in [-0.15, -0.1) is 0 Å². The lowest BCUT2D eigenvalue weighted by atomic mass is 10.1. The second-order valence-electron chi connectivity index (χ2n) is 14.8. The van der Waals surface area contributed by atoms with Crippen molar-refractivity contribution in [1.82, 2.24) is 9.97 Å². The number of rotatable bonds is 10. The highest BCUT2D eigenvalue weighted by molar-refractivity contribution is 7.03. The number of fused-ring (bicyclic) bond motifs is 1. The van der Waals surface area contributed by atoms with Gasteiger partial charge in [-0.1, -0.05) is 134 Å². The summed E-state index contributed by atoms with van der Waals surface area (Å²) in [6.07, 6.45) is 7.63. The van der Waals surface area contributed by atoms with Crippen molar-refractivity contribution in [2.75, 3.05) is 9.80 Å². The van der Waals surface area contributed by atoms with Crippen molar-refractivity contribution in [1.29, 1.82) is 0 Å². The monoisotopic (exact) mass is 732 g/mol. The van der Waals surface area contributed by atoms with Crippen molar-refractivity contribution >= 4 is 81.8 Å². The SMILES string of the molecule is C[Si](C)(c1ccccc1)c1cc(N(c2ccccc2)c2cccnc2)cc2c([Si](C)(C)c3ccccc3)cc(N(c3ccccc3)c3cccnc3)cc12. The van der Waals surface area contributed by atoms with Crippen LogP contribution in [0.1, 0.15) is 0 Å². The predicted octanol–water partition coefficient (Wildman–Crippen LogP) is 10.2. The molecule has 0 aliphatic carbocycles. The Morgan fingerprint density at radius 2 is 0.685 bits per heavy atom. The summed E-state index contributed by atoms with van der Waals surface area (Å²) in [7, 11) is -4.67. The zero-order valence-corrected chi connectivity index (χ0v) is 33.3. The van der Waals surface area contributed by atoms with Crippen molar-refractivity contribution in [3.05, 3.63) is 195 Å². The van der Waals surface area contributed by atoms with Crippen molar-refractivity contribution in [2.24, 2.45) is 0 Å². The van der Waals surface area contributed by atoms with Crippen molar-refractivity contribution < 1.29 is 0 Å². The molecule has 0 atom stereocenters. The minimum absolute atomic E-state index is 1.03. The van der Waals surface area contributed by atoms with Gasteiger partial charge in [0.25, 0.3) is 0 Å². The lowest BCUT2D eigenvalue weighted by molar-refractivity contribution is 1.23. The highest BCUT2D eigenvalue weighted by Gasteiger charge is 2.34. The zero-order chi connectivity index (χ0) is 37.1. The summed E-state index contributed by atoms with van der Waals surface area (Å²) >= 11 is 0. The van der Waals surface area contributed by atoms with Gasteiger partial charge < -0.3 is 9.80 Å². The Hall–Kier alpha value is -6.09. The van der Waals surface area contributed by atoms with Crippen LogP contribution in [-0.4, -0.2) is 26.1 Å². The molecule has 2 heterocycles. The minimum Gasteiger partial charge on any atom is -0.309 e. The molecular weight excluding hydrogens is 689 g/mol.